The first kappa shape index (κ1) is 14.8. The highest BCUT2D eigenvalue weighted by atomic mass is 19.4. The molecule has 1 amide bonds. The van der Waals surface area contributed by atoms with E-state index in [2.05, 4.69) is 0 Å². The van der Waals surface area contributed by atoms with Gasteiger partial charge in [-0.3, -0.25) is 9.59 Å². The summed E-state index contributed by atoms with van der Waals surface area (Å²) in [5, 5.41) is 17.8. The lowest BCUT2D eigenvalue weighted by molar-refractivity contribution is -0.141. The summed E-state index contributed by atoms with van der Waals surface area (Å²) < 4.78 is 37.8. The molecule has 1 aromatic rings. The summed E-state index contributed by atoms with van der Waals surface area (Å²) in [4.78, 5) is 23.7. The molecule has 1 N–H and O–H groups in total. The first-order valence-corrected chi connectivity index (χ1v) is 5.88. The van der Waals surface area contributed by atoms with Gasteiger partial charge in [-0.1, -0.05) is 0 Å². The highest BCUT2D eigenvalue weighted by Crippen LogP contribution is 2.34. The third-order valence-electron chi connectivity index (χ3n) is 3.21. The molecule has 0 spiro atoms. The number of amides is 1. The number of benzene rings is 1. The van der Waals surface area contributed by atoms with E-state index in [9.17, 15) is 22.8 Å². The van der Waals surface area contributed by atoms with E-state index in [0.717, 1.165) is 17.0 Å². The molecule has 0 aromatic heterocycles. The lowest BCUT2D eigenvalue weighted by Crippen LogP contribution is -2.26. The molecule has 0 saturated carbocycles. The van der Waals surface area contributed by atoms with Crippen LogP contribution >= 0.6 is 0 Å². The fourth-order valence-electron chi connectivity index (χ4n) is 2.14. The van der Waals surface area contributed by atoms with Crippen molar-refractivity contribution in [1.29, 1.82) is 5.26 Å². The van der Waals surface area contributed by atoms with E-state index in [1.807, 2.05) is 0 Å². The zero-order chi connectivity index (χ0) is 15.8. The number of rotatable bonds is 2. The molecule has 1 unspecified atom stereocenters. The van der Waals surface area contributed by atoms with Crippen LogP contribution in [0.15, 0.2) is 18.2 Å². The molecule has 0 aliphatic carbocycles. The molecule has 1 saturated heterocycles. The van der Waals surface area contributed by atoms with Gasteiger partial charge in [0.25, 0.3) is 0 Å². The molecular weight excluding hydrogens is 289 g/mol. The van der Waals surface area contributed by atoms with Gasteiger partial charge in [0.05, 0.1) is 22.7 Å². The van der Waals surface area contributed by atoms with Gasteiger partial charge in [0.2, 0.25) is 5.91 Å². The number of halogens is 3. The van der Waals surface area contributed by atoms with Crippen molar-refractivity contribution in [2.24, 2.45) is 5.92 Å². The van der Waals surface area contributed by atoms with Crippen LogP contribution in [-0.4, -0.2) is 23.5 Å². The average Bonchev–Trinajstić information content (AvgIpc) is 2.79. The van der Waals surface area contributed by atoms with Crippen LogP contribution < -0.4 is 4.90 Å². The molecule has 1 aromatic carbocycles. The van der Waals surface area contributed by atoms with Crippen molar-refractivity contribution in [3.8, 4) is 6.07 Å². The zero-order valence-corrected chi connectivity index (χ0v) is 10.5. The van der Waals surface area contributed by atoms with E-state index < -0.39 is 29.5 Å². The molecule has 2 rings (SSSR count). The van der Waals surface area contributed by atoms with E-state index in [1.54, 1.807) is 6.07 Å². The van der Waals surface area contributed by atoms with Crippen molar-refractivity contribution >= 4 is 17.6 Å². The number of carbonyl (C=O) groups is 2. The minimum absolute atomic E-state index is 0.000694. The number of aliphatic carboxylic acids is 1. The monoisotopic (exact) mass is 298 g/mol. The minimum Gasteiger partial charge on any atom is -0.481 e. The predicted molar refractivity (Wildman–Crippen MR) is 64.3 cm³/mol. The Morgan fingerprint density at radius 2 is 2.10 bits per heavy atom. The molecule has 0 bridgehead atoms. The number of anilines is 1. The Bertz CT molecular complexity index is 649. The van der Waals surface area contributed by atoms with Crippen molar-refractivity contribution < 1.29 is 27.9 Å². The lowest BCUT2D eigenvalue weighted by atomic mass is 10.1. The summed E-state index contributed by atoms with van der Waals surface area (Å²) in [6, 6.07) is 4.04. The summed E-state index contributed by atoms with van der Waals surface area (Å²) in [5.41, 5.74) is -1.31. The number of hydrogen-bond donors (Lipinski definition) is 1. The van der Waals surface area contributed by atoms with Crippen molar-refractivity contribution in [3.05, 3.63) is 29.3 Å². The van der Waals surface area contributed by atoms with Gasteiger partial charge in [-0.25, -0.2) is 0 Å². The highest BCUT2D eigenvalue weighted by Gasteiger charge is 2.37. The standard InChI is InChI=1S/C13H9F3N2O3/c14-13(15,16)9-1-2-10(7(3-9)5-17)18-6-8(12(20)21)4-11(18)19/h1-3,8H,4,6H2,(H,20,21). The molecule has 21 heavy (non-hydrogen) atoms. The number of alkyl halides is 3. The Morgan fingerprint density at radius 1 is 1.43 bits per heavy atom. The van der Waals surface area contributed by atoms with Crippen LogP contribution in [0.4, 0.5) is 18.9 Å². The number of carboxylic acids is 1. The van der Waals surface area contributed by atoms with Crippen molar-refractivity contribution in [3.63, 3.8) is 0 Å². The van der Waals surface area contributed by atoms with Crippen molar-refractivity contribution in [2.75, 3.05) is 11.4 Å². The smallest absolute Gasteiger partial charge is 0.416 e. The van der Waals surface area contributed by atoms with Crippen LogP contribution in [0.5, 0.6) is 0 Å². The van der Waals surface area contributed by atoms with Crippen LogP contribution in [0, 0.1) is 17.2 Å². The SMILES string of the molecule is N#Cc1cc(C(F)(F)F)ccc1N1CC(C(=O)O)CC1=O. The Labute approximate surface area is 117 Å². The number of nitriles is 1. The lowest BCUT2D eigenvalue weighted by Gasteiger charge is -2.18. The van der Waals surface area contributed by atoms with E-state index in [0.29, 0.717) is 6.07 Å². The molecule has 1 aliphatic heterocycles. The summed E-state index contributed by atoms with van der Waals surface area (Å²) in [7, 11) is 0. The van der Waals surface area contributed by atoms with Gasteiger partial charge < -0.3 is 10.0 Å². The number of carboxylic acid groups (broad SMARTS) is 1. The van der Waals surface area contributed by atoms with Gasteiger partial charge in [-0.15, -0.1) is 0 Å². The summed E-state index contributed by atoms with van der Waals surface area (Å²) in [5.74, 6) is -2.61. The fourth-order valence-corrected chi connectivity index (χ4v) is 2.14. The zero-order valence-electron chi connectivity index (χ0n) is 10.5. The molecule has 1 heterocycles. The van der Waals surface area contributed by atoms with Crippen molar-refractivity contribution in [1.82, 2.24) is 0 Å². The van der Waals surface area contributed by atoms with Crippen LogP contribution in [0.3, 0.4) is 0 Å². The molecule has 8 heteroatoms. The van der Waals surface area contributed by atoms with Gasteiger partial charge in [-0.2, -0.15) is 18.4 Å². The number of carbonyl (C=O) groups excluding carboxylic acids is 1. The largest absolute Gasteiger partial charge is 0.481 e. The second kappa shape index (κ2) is 5.09. The highest BCUT2D eigenvalue weighted by molar-refractivity contribution is 6.00. The first-order valence-electron chi connectivity index (χ1n) is 5.88. The van der Waals surface area contributed by atoms with Crippen LogP contribution in [0.1, 0.15) is 17.5 Å². The van der Waals surface area contributed by atoms with E-state index >= 15 is 0 Å². The maximum absolute atomic E-state index is 12.6. The molecule has 0 radical (unpaired) electrons. The van der Waals surface area contributed by atoms with Gasteiger partial charge in [-0.05, 0) is 18.2 Å². The Morgan fingerprint density at radius 3 is 2.57 bits per heavy atom. The quantitative estimate of drug-likeness (QED) is 0.905. The third-order valence-corrected chi connectivity index (χ3v) is 3.21. The maximum Gasteiger partial charge on any atom is 0.416 e. The summed E-state index contributed by atoms with van der Waals surface area (Å²) in [6.07, 6.45) is -4.83. The fraction of sp³-hybridized carbons (Fsp3) is 0.308. The molecular formula is C13H9F3N2O3. The van der Waals surface area contributed by atoms with Crippen LogP contribution in [0.2, 0.25) is 0 Å². The van der Waals surface area contributed by atoms with Gasteiger partial charge in [0, 0.05) is 13.0 Å². The first-order chi connectivity index (χ1) is 9.74. The Kier molecular flexibility index (Phi) is 3.60. The molecule has 5 nitrogen and oxygen atoms in total. The summed E-state index contributed by atoms with van der Waals surface area (Å²) >= 11 is 0. The Hall–Kier alpha value is -2.56. The number of hydrogen-bond acceptors (Lipinski definition) is 3. The Balaban J connectivity index is 2.40. The average molecular weight is 298 g/mol. The predicted octanol–water partition coefficient (Wildman–Crippen LogP) is 2.01. The second-order valence-corrected chi connectivity index (χ2v) is 4.59. The normalized spacial score (nSPS) is 18.7. The van der Waals surface area contributed by atoms with Crippen LogP contribution in [0.25, 0.3) is 0 Å². The van der Waals surface area contributed by atoms with E-state index in [1.165, 1.54) is 0 Å². The summed E-state index contributed by atoms with van der Waals surface area (Å²) in [6.45, 7) is -0.159. The molecule has 1 aliphatic rings. The minimum atomic E-state index is -4.59. The van der Waals surface area contributed by atoms with Gasteiger partial charge in [0.15, 0.2) is 0 Å². The van der Waals surface area contributed by atoms with Gasteiger partial charge in [0.1, 0.15) is 6.07 Å². The molecule has 110 valence electrons. The molecule has 1 fully saturated rings. The third kappa shape index (κ3) is 2.81. The number of nitrogens with zero attached hydrogens (tertiary/aromatic N) is 2. The van der Waals surface area contributed by atoms with Crippen molar-refractivity contribution in [2.45, 2.75) is 12.6 Å². The topological polar surface area (TPSA) is 81.4 Å². The van der Waals surface area contributed by atoms with Crippen LogP contribution in [-0.2, 0) is 15.8 Å². The maximum atomic E-state index is 12.6. The van der Waals surface area contributed by atoms with E-state index in [-0.39, 0.29) is 24.2 Å². The molecule has 1 atom stereocenters. The van der Waals surface area contributed by atoms with Gasteiger partial charge >= 0.3 is 12.1 Å². The second-order valence-electron chi connectivity index (χ2n) is 4.59. The van der Waals surface area contributed by atoms with E-state index in [4.69, 9.17) is 10.4 Å².